The molecule has 0 radical (unpaired) electrons. The summed E-state index contributed by atoms with van der Waals surface area (Å²) in [7, 11) is 0. The van der Waals surface area contributed by atoms with E-state index in [9.17, 15) is 4.79 Å². The minimum Gasteiger partial charge on any atom is -0.301 e. The zero-order valence-electron chi connectivity index (χ0n) is 14.3. The molecule has 0 atom stereocenters. The van der Waals surface area contributed by atoms with E-state index in [1.807, 2.05) is 72.8 Å². The minimum atomic E-state index is -0.369. The van der Waals surface area contributed by atoms with Crippen molar-refractivity contribution in [1.29, 1.82) is 0 Å². The normalized spacial score (nSPS) is 11.0. The molecule has 0 bridgehead atoms. The number of rotatable bonds is 4. The van der Waals surface area contributed by atoms with Gasteiger partial charge in [0.05, 0.1) is 16.1 Å². The molecule has 3 nitrogen and oxygen atoms in total. The number of aryl methyl sites for hydroxylation is 1. The van der Waals surface area contributed by atoms with E-state index >= 15 is 0 Å². The molecule has 128 valence electrons. The molecule has 1 heterocycles. The second-order valence-electron chi connectivity index (χ2n) is 6.23. The van der Waals surface area contributed by atoms with Gasteiger partial charge in [0.15, 0.2) is 5.13 Å². The van der Waals surface area contributed by atoms with Crippen LogP contribution in [0.3, 0.4) is 0 Å². The number of aromatic nitrogens is 1. The molecule has 26 heavy (non-hydrogen) atoms. The largest absolute Gasteiger partial charge is 0.301 e. The number of fused-ring (bicyclic) bond motifs is 1. The molecule has 4 rings (SSSR count). The molecule has 0 aliphatic carbocycles. The fourth-order valence-corrected chi connectivity index (χ4v) is 4.02. The maximum Gasteiger partial charge on any atom is 0.238 e. The maximum atomic E-state index is 13.1. The van der Waals surface area contributed by atoms with Gasteiger partial charge in [0.25, 0.3) is 0 Å². The summed E-state index contributed by atoms with van der Waals surface area (Å²) in [5.41, 5.74) is 4.03. The van der Waals surface area contributed by atoms with Gasteiger partial charge in [-0.05, 0) is 35.7 Å². The Labute approximate surface area is 156 Å². The van der Waals surface area contributed by atoms with Gasteiger partial charge in [0, 0.05) is 0 Å². The van der Waals surface area contributed by atoms with Crippen LogP contribution in [-0.4, -0.2) is 10.9 Å². The smallest absolute Gasteiger partial charge is 0.238 e. The molecule has 0 saturated carbocycles. The van der Waals surface area contributed by atoms with Crippen LogP contribution in [0.5, 0.6) is 0 Å². The number of thiazole rings is 1. The zero-order valence-corrected chi connectivity index (χ0v) is 15.2. The number of carbonyl (C=O) groups excluding carboxylic acids is 1. The third-order valence-corrected chi connectivity index (χ3v) is 5.24. The summed E-state index contributed by atoms with van der Waals surface area (Å²) in [6.07, 6.45) is 0. The molecule has 0 spiro atoms. The first-order valence-corrected chi connectivity index (χ1v) is 9.30. The van der Waals surface area contributed by atoms with Crippen LogP contribution in [0.2, 0.25) is 0 Å². The monoisotopic (exact) mass is 358 g/mol. The fraction of sp³-hybridized carbons (Fsp3) is 0.0909. The average Bonchev–Trinajstić information content (AvgIpc) is 3.05. The van der Waals surface area contributed by atoms with Crippen molar-refractivity contribution in [3.63, 3.8) is 0 Å². The number of hydrogen-bond acceptors (Lipinski definition) is 3. The molecule has 0 saturated heterocycles. The van der Waals surface area contributed by atoms with E-state index in [1.165, 1.54) is 16.9 Å². The van der Waals surface area contributed by atoms with E-state index in [0.29, 0.717) is 5.13 Å². The molecule has 0 aliphatic heterocycles. The first-order chi connectivity index (χ1) is 12.7. The molecule has 4 heteroatoms. The van der Waals surface area contributed by atoms with Gasteiger partial charge in [-0.2, -0.15) is 0 Å². The minimum absolute atomic E-state index is 0.0711. The van der Waals surface area contributed by atoms with E-state index < -0.39 is 0 Å². The predicted molar refractivity (Wildman–Crippen MR) is 108 cm³/mol. The standard InChI is InChI=1S/C22H18N2OS/c1-15-12-13-18-19(14-15)26-22(23-18)24-21(25)20(16-8-4-2-5-9-16)17-10-6-3-7-11-17/h2-14,20H,1H3,(H,23,24,25). The highest BCUT2D eigenvalue weighted by molar-refractivity contribution is 7.22. The van der Waals surface area contributed by atoms with Gasteiger partial charge in [-0.1, -0.05) is 78.1 Å². The summed E-state index contributed by atoms with van der Waals surface area (Å²) in [5, 5.41) is 3.65. The molecule has 4 aromatic rings. The van der Waals surface area contributed by atoms with Crippen molar-refractivity contribution in [2.75, 3.05) is 5.32 Å². The number of carbonyl (C=O) groups is 1. The number of amides is 1. The van der Waals surface area contributed by atoms with Crippen LogP contribution >= 0.6 is 11.3 Å². The van der Waals surface area contributed by atoms with Crippen molar-refractivity contribution in [3.8, 4) is 0 Å². The molecule has 0 aliphatic rings. The lowest BCUT2D eigenvalue weighted by Crippen LogP contribution is -2.22. The van der Waals surface area contributed by atoms with Crippen molar-refractivity contribution in [1.82, 2.24) is 4.98 Å². The van der Waals surface area contributed by atoms with Crippen LogP contribution in [0.4, 0.5) is 5.13 Å². The Hall–Kier alpha value is -2.98. The zero-order chi connectivity index (χ0) is 17.9. The van der Waals surface area contributed by atoms with Crippen molar-refractivity contribution >= 4 is 32.6 Å². The Morgan fingerprint density at radius 1 is 0.923 bits per heavy atom. The SMILES string of the molecule is Cc1ccc2nc(NC(=O)C(c3ccccc3)c3ccccc3)sc2c1. The number of benzene rings is 3. The van der Waals surface area contributed by atoms with Gasteiger partial charge in [-0.15, -0.1) is 0 Å². The number of nitrogens with one attached hydrogen (secondary N) is 1. The van der Waals surface area contributed by atoms with Crippen LogP contribution in [-0.2, 0) is 4.79 Å². The van der Waals surface area contributed by atoms with Gasteiger partial charge < -0.3 is 5.32 Å². The first kappa shape index (κ1) is 16.5. The Bertz CT molecular complexity index is 1000. The summed E-state index contributed by atoms with van der Waals surface area (Å²) in [4.78, 5) is 17.7. The van der Waals surface area contributed by atoms with Crippen molar-refractivity contribution in [2.45, 2.75) is 12.8 Å². The van der Waals surface area contributed by atoms with Gasteiger partial charge in [0.2, 0.25) is 5.91 Å². The Morgan fingerprint density at radius 2 is 1.54 bits per heavy atom. The fourth-order valence-electron chi connectivity index (χ4n) is 3.05. The average molecular weight is 358 g/mol. The lowest BCUT2D eigenvalue weighted by molar-refractivity contribution is -0.116. The van der Waals surface area contributed by atoms with Crippen molar-refractivity contribution < 1.29 is 4.79 Å². The number of anilines is 1. The first-order valence-electron chi connectivity index (χ1n) is 8.49. The van der Waals surface area contributed by atoms with E-state index in [-0.39, 0.29) is 11.8 Å². The quantitative estimate of drug-likeness (QED) is 0.532. The predicted octanol–water partition coefficient (Wildman–Crippen LogP) is 5.38. The maximum absolute atomic E-state index is 13.1. The Morgan fingerprint density at radius 3 is 2.15 bits per heavy atom. The molecule has 0 fully saturated rings. The van der Waals surface area contributed by atoms with E-state index in [2.05, 4.69) is 23.3 Å². The molecule has 0 unspecified atom stereocenters. The van der Waals surface area contributed by atoms with Gasteiger partial charge in [-0.25, -0.2) is 4.98 Å². The molecular formula is C22H18N2OS. The number of nitrogens with zero attached hydrogens (tertiary/aromatic N) is 1. The Balaban J connectivity index is 1.68. The Kier molecular flexibility index (Phi) is 4.50. The lowest BCUT2D eigenvalue weighted by atomic mass is 9.90. The van der Waals surface area contributed by atoms with Crippen LogP contribution in [0.25, 0.3) is 10.2 Å². The van der Waals surface area contributed by atoms with Gasteiger partial charge in [-0.3, -0.25) is 4.79 Å². The molecule has 1 aromatic heterocycles. The van der Waals surface area contributed by atoms with Crippen LogP contribution in [0.15, 0.2) is 78.9 Å². The lowest BCUT2D eigenvalue weighted by Gasteiger charge is -2.16. The summed E-state index contributed by atoms with van der Waals surface area (Å²) in [6.45, 7) is 2.05. The van der Waals surface area contributed by atoms with Crippen LogP contribution in [0.1, 0.15) is 22.6 Å². The van der Waals surface area contributed by atoms with Crippen LogP contribution < -0.4 is 5.32 Å². The molecule has 1 amide bonds. The molecule has 1 N–H and O–H groups in total. The third kappa shape index (κ3) is 3.37. The van der Waals surface area contributed by atoms with Crippen molar-refractivity contribution in [2.24, 2.45) is 0 Å². The summed E-state index contributed by atoms with van der Waals surface area (Å²) in [6, 6.07) is 25.8. The van der Waals surface area contributed by atoms with Crippen molar-refractivity contribution in [3.05, 3.63) is 95.6 Å². The highest BCUT2D eigenvalue weighted by atomic mass is 32.1. The van der Waals surface area contributed by atoms with Crippen LogP contribution in [0, 0.1) is 6.92 Å². The van der Waals surface area contributed by atoms with E-state index in [4.69, 9.17) is 0 Å². The third-order valence-electron chi connectivity index (χ3n) is 4.30. The number of hydrogen-bond donors (Lipinski definition) is 1. The van der Waals surface area contributed by atoms with Gasteiger partial charge >= 0.3 is 0 Å². The topological polar surface area (TPSA) is 42.0 Å². The van der Waals surface area contributed by atoms with E-state index in [0.717, 1.165) is 21.3 Å². The summed E-state index contributed by atoms with van der Waals surface area (Å²) < 4.78 is 1.08. The summed E-state index contributed by atoms with van der Waals surface area (Å²) >= 11 is 1.50. The highest BCUT2D eigenvalue weighted by Gasteiger charge is 2.23. The van der Waals surface area contributed by atoms with E-state index in [1.54, 1.807) is 0 Å². The molecule has 3 aromatic carbocycles. The summed E-state index contributed by atoms with van der Waals surface area (Å²) in [5.74, 6) is -0.440. The van der Waals surface area contributed by atoms with Gasteiger partial charge in [0.1, 0.15) is 0 Å². The second kappa shape index (κ2) is 7.10. The highest BCUT2D eigenvalue weighted by Crippen LogP contribution is 2.30. The molecular weight excluding hydrogens is 340 g/mol. The second-order valence-corrected chi connectivity index (χ2v) is 7.26.